The van der Waals surface area contributed by atoms with Crippen LogP contribution < -0.4 is 10.1 Å². The largest absolute Gasteiger partial charge is 0.482 e. The molecular weight excluding hydrogens is 415 g/mol. The van der Waals surface area contributed by atoms with Crippen molar-refractivity contribution < 1.29 is 9.53 Å². The van der Waals surface area contributed by atoms with E-state index in [0.717, 1.165) is 14.8 Å². The van der Waals surface area contributed by atoms with Crippen LogP contribution in [0.2, 0.25) is 5.02 Å². The Kier molecular flexibility index (Phi) is 5.63. The molecule has 1 N–H and O–H groups in total. The van der Waals surface area contributed by atoms with Crippen LogP contribution in [0.5, 0.6) is 5.75 Å². The Morgan fingerprint density at radius 2 is 2.14 bits per heavy atom. The Morgan fingerprint density at radius 3 is 2.77 bits per heavy atom. The van der Waals surface area contributed by atoms with Crippen LogP contribution in [0.25, 0.3) is 0 Å². The van der Waals surface area contributed by atoms with Crippen molar-refractivity contribution in [3.8, 4) is 11.8 Å². The van der Waals surface area contributed by atoms with Crippen LogP contribution in [-0.2, 0) is 4.79 Å². The number of rotatable bonds is 4. The molecule has 0 atom stereocenters. The Labute approximate surface area is 147 Å². The van der Waals surface area contributed by atoms with Gasteiger partial charge < -0.3 is 10.1 Å². The second kappa shape index (κ2) is 7.47. The highest BCUT2D eigenvalue weighted by Crippen LogP contribution is 2.25. The summed E-state index contributed by atoms with van der Waals surface area (Å²) in [5, 5.41) is 11.9. The Morgan fingerprint density at radius 1 is 1.36 bits per heavy atom. The van der Waals surface area contributed by atoms with Crippen molar-refractivity contribution in [1.29, 1.82) is 5.26 Å². The van der Waals surface area contributed by atoms with Gasteiger partial charge in [-0.3, -0.25) is 4.79 Å². The number of nitrogens with one attached hydrogen (secondary N) is 1. The highest BCUT2D eigenvalue weighted by molar-refractivity contribution is 14.1. The van der Waals surface area contributed by atoms with E-state index in [1.807, 2.05) is 31.2 Å². The first-order valence-electron chi connectivity index (χ1n) is 6.38. The van der Waals surface area contributed by atoms with E-state index >= 15 is 0 Å². The van der Waals surface area contributed by atoms with Crippen molar-refractivity contribution in [3.05, 3.63) is 56.1 Å². The standard InChI is InChI=1S/C16H12ClIN2O2/c1-10-6-12(18)3-4-14(10)20-16(21)9-22-15-5-2-11(8-19)7-13(15)17/h2-7H,9H2,1H3,(H,20,21). The van der Waals surface area contributed by atoms with Gasteiger partial charge in [0.15, 0.2) is 6.61 Å². The zero-order chi connectivity index (χ0) is 16.1. The number of carbonyl (C=O) groups is 1. The number of nitriles is 1. The van der Waals surface area contributed by atoms with Crippen molar-refractivity contribution >= 4 is 45.8 Å². The first kappa shape index (κ1) is 16.6. The molecule has 0 aromatic heterocycles. The molecular formula is C16H12ClIN2O2. The maximum Gasteiger partial charge on any atom is 0.262 e. The second-order valence-electron chi connectivity index (χ2n) is 4.55. The van der Waals surface area contributed by atoms with Gasteiger partial charge in [0, 0.05) is 9.26 Å². The predicted octanol–water partition coefficient (Wildman–Crippen LogP) is 4.14. The fraction of sp³-hybridized carbons (Fsp3) is 0.125. The summed E-state index contributed by atoms with van der Waals surface area (Å²) in [5.41, 5.74) is 2.17. The van der Waals surface area contributed by atoms with E-state index in [1.165, 1.54) is 6.07 Å². The molecule has 0 bridgehead atoms. The lowest BCUT2D eigenvalue weighted by molar-refractivity contribution is -0.118. The first-order valence-corrected chi connectivity index (χ1v) is 7.83. The minimum atomic E-state index is -0.273. The molecule has 0 saturated carbocycles. The summed E-state index contributed by atoms with van der Waals surface area (Å²) in [7, 11) is 0. The number of amides is 1. The normalized spacial score (nSPS) is 9.91. The van der Waals surface area contributed by atoms with E-state index in [-0.39, 0.29) is 12.5 Å². The molecule has 6 heteroatoms. The van der Waals surface area contributed by atoms with Crippen LogP contribution in [0.3, 0.4) is 0 Å². The number of hydrogen-bond acceptors (Lipinski definition) is 3. The summed E-state index contributed by atoms with van der Waals surface area (Å²) in [6.07, 6.45) is 0. The number of carbonyl (C=O) groups excluding carboxylic acids is 1. The zero-order valence-electron chi connectivity index (χ0n) is 11.7. The Balaban J connectivity index is 1.97. The molecule has 2 aromatic rings. The van der Waals surface area contributed by atoms with Gasteiger partial charge in [-0.2, -0.15) is 5.26 Å². The van der Waals surface area contributed by atoms with Gasteiger partial charge in [0.1, 0.15) is 5.75 Å². The molecule has 0 fully saturated rings. The molecule has 4 nitrogen and oxygen atoms in total. The first-order chi connectivity index (χ1) is 10.5. The van der Waals surface area contributed by atoms with Crippen molar-refractivity contribution in [2.24, 2.45) is 0 Å². The van der Waals surface area contributed by atoms with E-state index in [4.69, 9.17) is 21.6 Å². The minimum absolute atomic E-state index is 0.156. The number of anilines is 1. The summed E-state index contributed by atoms with van der Waals surface area (Å²) in [6, 6.07) is 12.4. The smallest absolute Gasteiger partial charge is 0.262 e. The number of nitrogens with zero attached hydrogens (tertiary/aromatic N) is 1. The van der Waals surface area contributed by atoms with E-state index in [2.05, 4.69) is 27.9 Å². The summed E-state index contributed by atoms with van der Waals surface area (Å²) in [4.78, 5) is 11.9. The van der Waals surface area contributed by atoms with E-state index in [9.17, 15) is 4.79 Å². The fourth-order valence-corrected chi connectivity index (χ4v) is 2.67. The molecule has 2 rings (SSSR count). The van der Waals surface area contributed by atoms with Gasteiger partial charge in [0.2, 0.25) is 0 Å². The highest BCUT2D eigenvalue weighted by Gasteiger charge is 2.08. The van der Waals surface area contributed by atoms with Crippen molar-refractivity contribution in [2.75, 3.05) is 11.9 Å². The van der Waals surface area contributed by atoms with E-state index in [0.29, 0.717) is 16.3 Å². The fourth-order valence-electron chi connectivity index (χ4n) is 1.78. The van der Waals surface area contributed by atoms with Crippen molar-refractivity contribution in [2.45, 2.75) is 6.92 Å². The van der Waals surface area contributed by atoms with E-state index in [1.54, 1.807) is 12.1 Å². The zero-order valence-corrected chi connectivity index (χ0v) is 14.6. The summed E-state index contributed by atoms with van der Waals surface area (Å²) < 4.78 is 6.48. The van der Waals surface area contributed by atoms with Gasteiger partial charge in [-0.25, -0.2) is 0 Å². The van der Waals surface area contributed by atoms with Crippen LogP contribution in [0.15, 0.2) is 36.4 Å². The van der Waals surface area contributed by atoms with Crippen LogP contribution in [-0.4, -0.2) is 12.5 Å². The average Bonchev–Trinajstić information content (AvgIpc) is 2.48. The topological polar surface area (TPSA) is 62.1 Å². The summed E-state index contributed by atoms with van der Waals surface area (Å²) in [6.45, 7) is 1.77. The van der Waals surface area contributed by atoms with E-state index < -0.39 is 0 Å². The molecule has 0 aliphatic carbocycles. The number of halogens is 2. The van der Waals surface area contributed by atoms with Crippen LogP contribution >= 0.6 is 34.2 Å². The van der Waals surface area contributed by atoms with Gasteiger partial charge >= 0.3 is 0 Å². The van der Waals surface area contributed by atoms with Gasteiger partial charge in [0.25, 0.3) is 5.91 Å². The molecule has 0 spiro atoms. The lowest BCUT2D eigenvalue weighted by Crippen LogP contribution is -2.20. The Bertz CT molecular complexity index is 756. The SMILES string of the molecule is Cc1cc(I)ccc1NC(=O)COc1ccc(C#N)cc1Cl. The van der Waals surface area contributed by atoms with Crippen LogP contribution in [0.4, 0.5) is 5.69 Å². The van der Waals surface area contributed by atoms with Gasteiger partial charge in [-0.05, 0) is 71.5 Å². The monoisotopic (exact) mass is 426 g/mol. The molecule has 1 amide bonds. The van der Waals surface area contributed by atoms with Gasteiger partial charge in [-0.1, -0.05) is 11.6 Å². The molecule has 0 radical (unpaired) electrons. The molecule has 112 valence electrons. The molecule has 0 saturated heterocycles. The third-order valence-corrected chi connectivity index (χ3v) is 3.85. The quantitative estimate of drug-likeness (QED) is 0.748. The number of aryl methyl sites for hydroxylation is 1. The third kappa shape index (κ3) is 4.36. The Hall–Kier alpha value is -1.78. The molecule has 0 unspecified atom stereocenters. The minimum Gasteiger partial charge on any atom is -0.482 e. The highest BCUT2D eigenvalue weighted by atomic mass is 127. The third-order valence-electron chi connectivity index (χ3n) is 2.88. The predicted molar refractivity (Wildman–Crippen MR) is 94.2 cm³/mol. The van der Waals surface area contributed by atoms with Crippen LogP contribution in [0, 0.1) is 21.8 Å². The summed E-state index contributed by atoms with van der Waals surface area (Å²) >= 11 is 8.20. The maximum absolute atomic E-state index is 11.9. The lowest BCUT2D eigenvalue weighted by atomic mass is 10.2. The number of ether oxygens (including phenoxy) is 1. The molecule has 2 aromatic carbocycles. The average molecular weight is 427 g/mol. The molecule has 0 aliphatic rings. The van der Waals surface area contributed by atoms with Crippen molar-refractivity contribution in [1.82, 2.24) is 0 Å². The molecule has 22 heavy (non-hydrogen) atoms. The number of benzene rings is 2. The molecule has 0 aliphatic heterocycles. The second-order valence-corrected chi connectivity index (χ2v) is 6.21. The molecule has 0 heterocycles. The summed E-state index contributed by atoms with van der Waals surface area (Å²) in [5.74, 6) is 0.0971. The maximum atomic E-state index is 11.9. The van der Waals surface area contributed by atoms with Crippen molar-refractivity contribution in [3.63, 3.8) is 0 Å². The van der Waals surface area contributed by atoms with Gasteiger partial charge in [0.05, 0.1) is 16.7 Å². The van der Waals surface area contributed by atoms with Crippen LogP contribution in [0.1, 0.15) is 11.1 Å². The number of hydrogen-bond donors (Lipinski definition) is 1. The van der Waals surface area contributed by atoms with Gasteiger partial charge in [-0.15, -0.1) is 0 Å². The lowest BCUT2D eigenvalue weighted by Gasteiger charge is -2.10.